The summed E-state index contributed by atoms with van der Waals surface area (Å²) in [6, 6.07) is 3.71. The number of rotatable bonds is 4. The van der Waals surface area contributed by atoms with Gasteiger partial charge in [-0.05, 0) is 46.1 Å². The van der Waals surface area contributed by atoms with E-state index in [0.29, 0.717) is 17.5 Å². The molecule has 0 saturated carbocycles. The van der Waals surface area contributed by atoms with E-state index in [1.807, 2.05) is 4.90 Å². The van der Waals surface area contributed by atoms with Crippen LogP contribution in [0, 0.1) is 0 Å². The SMILES string of the molecule is FC(F)(F)c1ccc(Cl)cc1CN[C@H]1CCN(c2ncc(Br)cn2)C1. The van der Waals surface area contributed by atoms with Crippen LogP contribution in [0.1, 0.15) is 17.5 Å². The molecule has 1 aliphatic heterocycles. The molecule has 4 nitrogen and oxygen atoms in total. The van der Waals surface area contributed by atoms with Crippen LogP contribution in [-0.2, 0) is 12.7 Å². The van der Waals surface area contributed by atoms with Gasteiger partial charge in [0.25, 0.3) is 0 Å². The summed E-state index contributed by atoms with van der Waals surface area (Å²) in [5.74, 6) is 0.617. The molecule has 0 aliphatic carbocycles. The molecule has 3 rings (SSSR count). The van der Waals surface area contributed by atoms with Crippen LogP contribution >= 0.6 is 27.5 Å². The van der Waals surface area contributed by atoms with Gasteiger partial charge in [-0.15, -0.1) is 0 Å². The monoisotopic (exact) mass is 434 g/mol. The molecule has 0 amide bonds. The van der Waals surface area contributed by atoms with E-state index in [4.69, 9.17) is 11.6 Å². The average Bonchev–Trinajstić information content (AvgIpc) is 3.01. The highest BCUT2D eigenvalue weighted by atomic mass is 79.9. The van der Waals surface area contributed by atoms with Crippen molar-refractivity contribution in [2.24, 2.45) is 0 Å². The van der Waals surface area contributed by atoms with Crippen LogP contribution < -0.4 is 10.2 Å². The van der Waals surface area contributed by atoms with Gasteiger partial charge < -0.3 is 10.2 Å². The maximum atomic E-state index is 13.1. The van der Waals surface area contributed by atoms with E-state index >= 15 is 0 Å². The van der Waals surface area contributed by atoms with Crippen molar-refractivity contribution in [3.63, 3.8) is 0 Å². The van der Waals surface area contributed by atoms with Gasteiger partial charge in [-0.1, -0.05) is 11.6 Å². The number of hydrogen-bond acceptors (Lipinski definition) is 4. The number of aromatic nitrogens is 2. The summed E-state index contributed by atoms with van der Waals surface area (Å²) in [6.45, 7) is 1.50. The van der Waals surface area contributed by atoms with Crippen molar-refractivity contribution in [2.75, 3.05) is 18.0 Å². The fourth-order valence-electron chi connectivity index (χ4n) is 2.82. The van der Waals surface area contributed by atoms with Crippen molar-refractivity contribution >= 4 is 33.5 Å². The number of nitrogens with one attached hydrogen (secondary N) is 1. The summed E-state index contributed by atoms with van der Waals surface area (Å²) in [7, 11) is 0. The number of hydrogen-bond donors (Lipinski definition) is 1. The van der Waals surface area contributed by atoms with Crippen molar-refractivity contribution in [1.82, 2.24) is 15.3 Å². The first-order chi connectivity index (χ1) is 11.8. The highest BCUT2D eigenvalue weighted by molar-refractivity contribution is 9.10. The second kappa shape index (κ2) is 7.47. The lowest BCUT2D eigenvalue weighted by atomic mass is 10.1. The van der Waals surface area contributed by atoms with Gasteiger partial charge in [-0.3, -0.25) is 0 Å². The quantitative estimate of drug-likeness (QED) is 0.778. The van der Waals surface area contributed by atoms with Crippen molar-refractivity contribution in [3.8, 4) is 0 Å². The van der Waals surface area contributed by atoms with Crippen molar-refractivity contribution in [3.05, 3.63) is 51.2 Å². The third kappa shape index (κ3) is 4.62. The van der Waals surface area contributed by atoms with E-state index in [-0.39, 0.29) is 18.2 Å². The highest BCUT2D eigenvalue weighted by Gasteiger charge is 2.33. The van der Waals surface area contributed by atoms with Crippen LogP contribution in [-0.4, -0.2) is 29.1 Å². The van der Waals surface area contributed by atoms with E-state index < -0.39 is 11.7 Å². The normalized spacial score (nSPS) is 18.0. The minimum absolute atomic E-state index is 0.0623. The Bertz CT molecular complexity index is 739. The largest absolute Gasteiger partial charge is 0.416 e. The Morgan fingerprint density at radius 2 is 2.00 bits per heavy atom. The maximum absolute atomic E-state index is 13.1. The molecule has 1 aliphatic rings. The Morgan fingerprint density at radius 1 is 1.28 bits per heavy atom. The number of halogens is 5. The van der Waals surface area contributed by atoms with Gasteiger partial charge in [-0.25, -0.2) is 9.97 Å². The molecule has 1 N–H and O–H groups in total. The molecule has 0 spiro atoms. The van der Waals surface area contributed by atoms with Gasteiger partial charge in [0, 0.05) is 43.1 Å². The predicted octanol–water partition coefficient (Wildman–Crippen LogP) is 4.28. The second-order valence-electron chi connectivity index (χ2n) is 5.81. The first kappa shape index (κ1) is 18.4. The van der Waals surface area contributed by atoms with Gasteiger partial charge in [-0.2, -0.15) is 13.2 Å². The number of alkyl halides is 3. The van der Waals surface area contributed by atoms with Crippen LogP contribution in [0.5, 0.6) is 0 Å². The van der Waals surface area contributed by atoms with Crippen LogP contribution in [0.15, 0.2) is 35.1 Å². The summed E-state index contributed by atoms with van der Waals surface area (Å²) in [6.07, 6.45) is -0.245. The summed E-state index contributed by atoms with van der Waals surface area (Å²) < 4.78 is 40.1. The molecule has 9 heteroatoms. The van der Waals surface area contributed by atoms with Crippen molar-refractivity contribution < 1.29 is 13.2 Å². The Morgan fingerprint density at radius 3 is 2.68 bits per heavy atom. The lowest BCUT2D eigenvalue weighted by Gasteiger charge is -2.18. The van der Waals surface area contributed by atoms with Gasteiger partial charge in [0.1, 0.15) is 0 Å². The zero-order valence-corrected chi connectivity index (χ0v) is 15.4. The molecule has 134 valence electrons. The summed E-state index contributed by atoms with van der Waals surface area (Å²) >= 11 is 9.14. The zero-order chi connectivity index (χ0) is 18.0. The average molecular weight is 436 g/mol. The summed E-state index contributed by atoms with van der Waals surface area (Å²) in [5, 5.41) is 3.48. The summed E-state index contributed by atoms with van der Waals surface area (Å²) in [4.78, 5) is 10.5. The Balaban J connectivity index is 1.63. The van der Waals surface area contributed by atoms with Gasteiger partial charge in [0.2, 0.25) is 5.95 Å². The van der Waals surface area contributed by atoms with Crippen molar-refractivity contribution in [1.29, 1.82) is 0 Å². The van der Waals surface area contributed by atoms with E-state index in [9.17, 15) is 13.2 Å². The van der Waals surface area contributed by atoms with E-state index in [1.165, 1.54) is 12.1 Å². The van der Waals surface area contributed by atoms with E-state index in [2.05, 4.69) is 31.2 Å². The van der Waals surface area contributed by atoms with Crippen LogP contribution in [0.3, 0.4) is 0 Å². The molecule has 1 atom stereocenters. The van der Waals surface area contributed by atoms with Gasteiger partial charge >= 0.3 is 6.18 Å². The molecule has 0 bridgehead atoms. The lowest BCUT2D eigenvalue weighted by Crippen LogP contribution is -2.33. The molecule has 2 aromatic rings. The van der Waals surface area contributed by atoms with Crippen LogP contribution in [0.25, 0.3) is 0 Å². The first-order valence-electron chi connectivity index (χ1n) is 7.64. The minimum Gasteiger partial charge on any atom is -0.339 e. The molecule has 2 heterocycles. The summed E-state index contributed by atoms with van der Waals surface area (Å²) in [5.41, 5.74) is -0.506. The zero-order valence-electron chi connectivity index (χ0n) is 13.0. The third-order valence-corrected chi connectivity index (χ3v) is 4.68. The maximum Gasteiger partial charge on any atom is 0.416 e. The highest BCUT2D eigenvalue weighted by Crippen LogP contribution is 2.33. The molecule has 0 radical (unpaired) electrons. The second-order valence-corrected chi connectivity index (χ2v) is 7.17. The molecule has 25 heavy (non-hydrogen) atoms. The third-order valence-electron chi connectivity index (χ3n) is 4.03. The molecule has 1 aromatic carbocycles. The standard InChI is InChI=1S/C16H15BrClF3N4/c17-11-7-23-15(24-8-11)25-4-3-13(9-25)22-6-10-5-12(18)1-2-14(10)16(19,20)21/h1-2,5,7-8,13,22H,3-4,6,9H2/t13-/m0/s1. The van der Waals surface area contributed by atoms with Crippen LogP contribution in [0.4, 0.5) is 19.1 Å². The van der Waals surface area contributed by atoms with E-state index in [1.54, 1.807) is 12.4 Å². The Labute approximate surface area is 156 Å². The van der Waals surface area contributed by atoms with Crippen LogP contribution in [0.2, 0.25) is 5.02 Å². The Kier molecular flexibility index (Phi) is 5.50. The molecule has 1 aromatic heterocycles. The smallest absolute Gasteiger partial charge is 0.339 e. The van der Waals surface area contributed by atoms with Gasteiger partial charge in [0.05, 0.1) is 10.0 Å². The van der Waals surface area contributed by atoms with Gasteiger partial charge in [0.15, 0.2) is 0 Å². The Hall–Kier alpha value is -1.38. The molecule has 0 unspecified atom stereocenters. The predicted molar refractivity (Wildman–Crippen MR) is 93.6 cm³/mol. The number of benzene rings is 1. The lowest BCUT2D eigenvalue weighted by molar-refractivity contribution is -0.138. The number of nitrogens with zero attached hydrogens (tertiary/aromatic N) is 3. The van der Waals surface area contributed by atoms with E-state index in [0.717, 1.165) is 23.5 Å². The molecule has 1 fully saturated rings. The molecule has 1 saturated heterocycles. The number of anilines is 1. The first-order valence-corrected chi connectivity index (χ1v) is 8.81. The molecular formula is C16H15BrClF3N4. The minimum atomic E-state index is -4.39. The topological polar surface area (TPSA) is 41.0 Å². The fourth-order valence-corrected chi connectivity index (χ4v) is 3.22. The van der Waals surface area contributed by atoms with Crippen molar-refractivity contribution in [2.45, 2.75) is 25.2 Å². The molecular weight excluding hydrogens is 421 g/mol. The fraction of sp³-hybridized carbons (Fsp3) is 0.375.